The number of hydrogen-bond acceptors (Lipinski definition) is 7. The predicted octanol–water partition coefficient (Wildman–Crippen LogP) is 5.32. The maximum absolute atomic E-state index is 14.3. The number of benzene rings is 2. The molecule has 2 amide bonds. The van der Waals surface area contributed by atoms with Crippen molar-refractivity contribution < 1.29 is 32.6 Å². The van der Waals surface area contributed by atoms with Crippen LogP contribution in [0, 0.1) is 11.8 Å². The zero-order valence-electron chi connectivity index (χ0n) is 27.7. The maximum Gasteiger partial charge on any atom is 0.261 e. The van der Waals surface area contributed by atoms with Crippen molar-refractivity contribution in [3.8, 4) is 5.75 Å². The highest BCUT2D eigenvalue weighted by molar-refractivity contribution is 7.92. The second kappa shape index (κ2) is 16.6. The summed E-state index contributed by atoms with van der Waals surface area (Å²) < 4.78 is 41.5. The van der Waals surface area contributed by atoms with Crippen molar-refractivity contribution in [3.05, 3.63) is 54.1 Å². The number of fused-ring (bicyclic) bond motifs is 1. The van der Waals surface area contributed by atoms with Gasteiger partial charge >= 0.3 is 0 Å². The number of hydrogen-bond donors (Lipinski definition) is 2. The third kappa shape index (κ3) is 9.45. The molecule has 0 saturated heterocycles. The van der Waals surface area contributed by atoms with E-state index in [0.29, 0.717) is 18.9 Å². The van der Waals surface area contributed by atoms with E-state index in [2.05, 4.69) is 4.72 Å². The number of anilines is 1. The van der Waals surface area contributed by atoms with Gasteiger partial charge in [-0.15, -0.1) is 0 Å². The first kappa shape index (κ1) is 35.7. The van der Waals surface area contributed by atoms with Crippen molar-refractivity contribution in [3.63, 3.8) is 0 Å². The molecule has 0 bridgehead atoms. The van der Waals surface area contributed by atoms with Crippen LogP contribution < -0.4 is 9.46 Å². The first-order valence-corrected chi connectivity index (χ1v) is 18.2. The lowest BCUT2D eigenvalue weighted by Gasteiger charge is -2.36. The van der Waals surface area contributed by atoms with Crippen LogP contribution in [0.1, 0.15) is 82.5 Å². The van der Waals surface area contributed by atoms with Crippen LogP contribution in [0.5, 0.6) is 5.75 Å². The Morgan fingerprint density at radius 1 is 1.04 bits per heavy atom. The summed E-state index contributed by atoms with van der Waals surface area (Å²) in [5.41, 5.74) is 0.425. The van der Waals surface area contributed by atoms with Gasteiger partial charge in [0.15, 0.2) is 0 Å². The van der Waals surface area contributed by atoms with Crippen LogP contribution in [0.3, 0.4) is 0 Å². The number of amides is 2. The molecule has 46 heavy (non-hydrogen) atoms. The molecule has 1 aliphatic heterocycles. The van der Waals surface area contributed by atoms with E-state index in [1.54, 1.807) is 47.1 Å². The molecule has 2 aromatic rings. The van der Waals surface area contributed by atoms with Gasteiger partial charge in [-0.25, -0.2) is 8.42 Å². The Hall–Kier alpha value is -3.15. The van der Waals surface area contributed by atoms with Crippen LogP contribution in [0.25, 0.3) is 0 Å². The number of aliphatic hydroxyl groups excluding tert-OH is 1. The Kier molecular flexibility index (Phi) is 12.9. The summed E-state index contributed by atoms with van der Waals surface area (Å²) in [5.74, 6) is -0.0153. The summed E-state index contributed by atoms with van der Waals surface area (Å²) >= 11 is 0. The molecule has 4 atom stereocenters. The lowest BCUT2D eigenvalue weighted by Crippen LogP contribution is -2.48. The molecule has 10 nitrogen and oxygen atoms in total. The van der Waals surface area contributed by atoms with Crippen molar-refractivity contribution in [1.29, 1.82) is 0 Å². The second-order valence-corrected chi connectivity index (χ2v) is 14.7. The van der Waals surface area contributed by atoms with E-state index >= 15 is 0 Å². The van der Waals surface area contributed by atoms with Gasteiger partial charge in [-0.1, -0.05) is 44.4 Å². The molecule has 1 heterocycles. The number of nitrogens with zero attached hydrogens (tertiary/aromatic N) is 2. The summed E-state index contributed by atoms with van der Waals surface area (Å²) in [6.45, 7) is 6.64. The van der Waals surface area contributed by atoms with Gasteiger partial charge in [-0.3, -0.25) is 14.3 Å². The molecule has 1 aliphatic carbocycles. The van der Waals surface area contributed by atoms with Crippen molar-refractivity contribution in [2.24, 2.45) is 11.8 Å². The third-order valence-corrected chi connectivity index (χ3v) is 10.5. The van der Waals surface area contributed by atoms with Crippen molar-refractivity contribution in [2.75, 3.05) is 38.1 Å². The Morgan fingerprint density at radius 2 is 1.74 bits per heavy atom. The Balaban J connectivity index is 1.63. The molecular weight excluding hydrogens is 606 g/mol. The lowest BCUT2D eigenvalue weighted by molar-refractivity contribution is -0.137. The minimum absolute atomic E-state index is 0.0477. The average molecular weight is 658 g/mol. The third-order valence-electron chi connectivity index (χ3n) is 9.14. The highest BCUT2D eigenvalue weighted by atomic mass is 32.2. The lowest BCUT2D eigenvalue weighted by atomic mass is 9.88. The molecule has 11 heteroatoms. The highest BCUT2D eigenvalue weighted by Crippen LogP contribution is 2.30. The van der Waals surface area contributed by atoms with Crippen LogP contribution in [-0.4, -0.2) is 86.7 Å². The number of aliphatic hydroxyl groups is 1. The number of carbonyl (C=O) groups excluding carboxylic acids is 2. The zero-order chi connectivity index (χ0) is 33.3. The Bertz CT molecular complexity index is 1400. The molecular formula is C35H51N3O7S. The number of nitrogens with one attached hydrogen (secondary N) is 1. The van der Waals surface area contributed by atoms with Gasteiger partial charge in [0.1, 0.15) is 5.75 Å². The molecule has 1 fully saturated rings. The summed E-state index contributed by atoms with van der Waals surface area (Å²) in [7, 11) is -2.06. The van der Waals surface area contributed by atoms with Crippen molar-refractivity contribution in [1.82, 2.24) is 9.80 Å². The molecule has 2 N–H and O–H groups in total. The number of carbonyl (C=O) groups is 2. The standard InChI is InChI=1S/C35H51N3O7S/c1-25-22-38(26(2)24-39)35(41)31-21-29(36-46(42,43)30-16-9-6-10-17-30)18-19-32(31)45-27(3)13-11-12-20-44-33(25)23-37(4)34(40)28-14-7-5-8-15-28/h6,9-10,16-19,21,25-28,33,36,39H,5,7-8,11-15,20,22-24H2,1-4H3/t25-,26+,27-,33+/m0/s1. The average Bonchev–Trinajstić information content (AvgIpc) is 3.06. The van der Waals surface area contributed by atoms with Gasteiger partial charge in [0.2, 0.25) is 5.91 Å². The van der Waals surface area contributed by atoms with Gasteiger partial charge in [0, 0.05) is 44.3 Å². The van der Waals surface area contributed by atoms with Crippen molar-refractivity contribution >= 4 is 27.5 Å². The van der Waals surface area contributed by atoms with Gasteiger partial charge in [0.05, 0.1) is 35.3 Å². The molecule has 2 aromatic carbocycles. The Labute approximate surface area is 274 Å². The molecule has 1 saturated carbocycles. The van der Waals surface area contributed by atoms with E-state index in [1.165, 1.54) is 24.6 Å². The van der Waals surface area contributed by atoms with E-state index in [4.69, 9.17) is 9.47 Å². The molecule has 2 aliphatic rings. The molecule has 4 rings (SSSR count). The Morgan fingerprint density at radius 3 is 2.43 bits per heavy atom. The number of rotatable bonds is 8. The van der Waals surface area contributed by atoms with Gasteiger partial charge < -0.3 is 24.4 Å². The maximum atomic E-state index is 14.3. The first-order valence-electron chi connectivity index (χ1n) is 16.7. The topological polar surface area (TPSA) is 125 Å². The summed E-state index contributed by atoms with van der Waals surface area (Å²) in [6.07, 6.45) is 7.05. The van der Waals surface area contributed by atoms with Crippen LogP contribution >= 0.6 is 0 Å². The summed E-state index contributed by atoms with van der Waals surface area (Å²) in [6, 6.07) is 12.2. The molecule has 254 valence electrons. The number of likely N-dealkylation sites (N-methyl/N-ethyl adjacent to an activating group) is 1. The fraction of sp³-hybridized carbons (Fsp3) is 0.600. The zero-order valence-corrected chi connectivity index (χ0v) is 28.5. The predicted molar refractivity (Wildman–Crippen MR) is 178 cm³/mol. The van der Waals surface area contributed by atoms with Gasteiger partial charge in [-0.2, -0.15) is 0 Å². The van der Waals surface area contributed by atoms with Crippen LogP contribution in [0.2, 0.25) is 0 Å². The number of ether oxygens (including phenoxy) is 2. The largest absolute Gasteiger partial charge is 0.490 e. The molecule has 0 aromatic heterocycles. The first-order chi connectivity index (χ1) is 22.0. The van der Waals surface area contributed by atoms with Gasteiger partial charge in [-0.05, 0) is 76.3 Å². The second-order valence-electron chi connectivity index (χ2n) is 13.0. The monoisotopic (exact) mass is 657 g/mol. The SMILES string of the molecule is C[C@H](CO)N1C[C@H](C)[C@@H](CN(C)C(=O)C2CCCCC2)OCCCC[C@H](C)Oc2ccc(NS(=O)(=O)c3ccccc3)cc2C1=O. The normalized spacial score (nSPS) is 23.0. The highest BCUT2D eigenvalue weighted by Gasteiger charge is 2.32. The molecule has 0 unspecified atom stereocenters. The minimum Gasteiger partial charge on any atom is -0.490 e. The molecule has 0 spiro atoms. The number of sulfonamides is 1. The molecule has 0 radical (unpaired) electrons. The van der Waals surface area contributed by atoms with Crippen LogP contribution in [0.4, 0.5) is 5.69 Å². The fourth-order valence-corrected chi connectivity index (χ4v) is 7.35. The summed E-state index contributed by atoms with van der Waals surface area (Å²) in [5, 5.41) is 10.2. The van der Waals surface area contributed by atoms with Crippen LogP contribution in [0.15, 0.2) is 53.4 Å². The van der Waals surface area contributed by atoms with Crippen LogP contribution in [-0.2, 0) is 19.6 Å². The van der Waals surface area contributed by atoms with E-state index in [9.17, 15) is 23.1 Å². The van der Waals surface area contributed by atoms with E-state index in [1.807, 2.05) is 20.9 Å². The quantitative estimate of drug-likeness (QED) is 0.394. The van der Waals surface area contributed by atoms with Gasteiger partial charge in [0.25, 0.3) is 15.9 Å². The van der Waals surface area contributed by atoms with Crippen molar-refractivity contribution in [2.45, 2.75) is 95.3 Å². The minimum atomic E-state index is -3.90. The fourth-order valence-electron chi connectivity index (χ4n) is 6.28. The van der Waals surface area contributed by atoms with E-state index in [-0.39, 0.29) is 65.2 Å². The van der Waals surface area contributed by atoms with E-state index < -0.39 is 16.1 Å². The summed E-state index contributed by atoms with van der Waals surface area (Å²) in [4.78, 5) is 31.1. The van der Waals surface area contributed by atoms with E-state index in [0.717, 1.165) is 44.9 Å². The smallest absolute Gasteiger partial charge is 0.261 e.